The number of carbonyl (C=O) groups excluding carboxylic acids is 1. The molecule has 0 saturated carbocycles. The number of nitrogens with two attached hydrogens (primary N) is 1. The number of rotatable bonds is 1. The van der Waals surface area contributed by atoms with E-state index in [2.05, 4.69) is 31.0 Å². The van der Waals surface area contributed by atoms with Crippen LogP contribution in [0.5, 0.6) is 0 Å². The van der Waals surface area contributed by atoms with E-state index < -0.39 is 0 Å². The lowest BCUT2D eigenvalue weighted by Gasteiger charge is -2.01. The number of halogens is 1. The van der Waals surface area contributed by atoms with Crippen molar-refractivity contribution in [3.05, 3.63) is 47.0 Å². The molecule has 0 saturated heterocycles. The maximum atomic E-state index is 12.3. The number of fused-ring (bicyclic) bond motifs is 1. The topological polar surface area (TPSA) is 86.7 Å². The van der Waals surface area contributed by atoms with Crippen molar-refractivity contribution < 1.29 is 4.79 Å². The Kier molecular flexibility index (Phi) is 2.75. The van der Waals surface area contributed by atoms with E-state index in [0.29, 0.717) is 15.9 Å². The number of nitrogen functional groups attached to an aromatic ring is 1. The first-order valence-corrected chi connectivity index (χ1v) is 6.21. The van der Waals surface area contributed by atoms with Gasteiger partial charge in [0.1, 0.15) is 10.3 Å². The molecule has 2 N–H and O–H groups in total. The second-order valence-electron chi connectivity index (χ2n) is 3.84. The fourth-order valence-corrected chi connectivity index (χ4v) is 1.98. The predicted molar refractivity (Wildman–Crippen MR) is 73.6 cm³/mol. The fraction of sp³-hybridized carbons (Fsp3) is 0. The summed E-state index contributed by atoms with van der Waals surface area (Å²) in [6, 6.07) is 7.26. The largest absolute Gasteiger partial charge is 0.382 e. The van der Waals surface area contributed by atoms with Gasteiger partial charge in [0.05, 0.1) is 17.9 Å². The van der Waals surface area contributed by atoms with Crippen molar-refractivity contribution in [3.8, 4) is 0 Å². The molecule has 94 valence electrons. The normalized spacial score (nSPS) is 10.8. The number of para-hydroxylation sites is 1. The van der Waals surface area contributed by atoms with Gasteiger partial charge < -0.3 is 5.73 Å². The van der Waals surface area contributed by atoms with E-state index in [-0.39, 0.29) is 11.6 Å². The number of nitrogens with zero attached hydrogens (tertiary/aromatic N) is 4. The van der Waals surface area contributed by atoms with Gasteiger partial charge in [0.15, 0.2) is 5.82 Å². The van der Waals surface area contributed by atoms with E-state index in [9.17, 15) is 4.79 Å². The molecular weight excluding hydrogens is 310 g/mol. The molecule has 0 aliphatic carbocycles. The van der Waals surface area contributed by atoms with Crippen molar-refractivity contribution in [2.75, 3.05) is 5.73 Å². The van der Waals surface area contributed by atoms with Crippen LogP contribution in [0.15, 0.2) is 41.3 Å². The van der Waals surface area contributed by atoms with Gasteiger partial charge in [0, 0.05) is 5.39 Å². The summed E-state index contributed by atoms with van der Waals surface area (Å²) in [7, 11) is 0. The highest BCUT2D eigenvalue weighted by atomic mass is 79.9. The number of hydrogen-bond acceptors (Lipinski definition) is 5. The third-order valence-electron chi connectivity index (χ3n) is 2.65. The zero-order valence-electron chi connectivity index (χ0n) is 9.62. The molecular formula is C12H8BrN5O. The molecule has 19 heavy (non-hydrogen) atoms. The van der Waals surface area contributed by atoms with Crippen LogP contribution in [0.2, 0.25) is 0 Å². The lowest BCUT2D eigenvalue weighted by Crippen LogP contribution is -2.15. The van der Waals surface area contributed by atoms with Crippen LogP contribution in [0.3, 0.4) is 0 Å². The zero-order chi connectivity index (χ0) is 13.4. The van der Waals surface area contributed by atoms with Gasteiger partial charge in [0.2, 0.25) is 0 Å². The van der Waals surface area contributed by atoms with Crippen molar-refractivity contribution in [2.45, 2.75) is 0 Å². The minimum absolute atomic E-state index is 0.205. The van der Waals surface area contributed by atoms with E-state index in [0.717, 1.165) is 5.39 Å². The average Bonchev–Trinajstić information content (AvgIpc) is 2.77. The second kappa shape index (κ2) is 4.43. The highest BCUT2D eigenvalue weighted by Gasteiger charge is 2.16. The molecule has 0 unspecified atom stereocenters. The Hall–Kier alpha value is -2.28. The Bertz CT molecular complexity index is 765. The molecule has 0 aliphatic rings. The average molecular weight is 318 g/mol. The minimum atomic E-state index is -0.368. The van der Waals surface area contributed by atoms with Gasteiger partial charge in [-0.1, -0.05) is 12.1 Å². The van der Waals surface area contributed by atoms with Crippen molar-refractivity contribution >= 4 is 38.6 Å². The van der Waals surface area contributed by atoms with Crippen LogP contribution >= 0.6 is 15.9 Å². The number of benzene rings is 1. The molecule has 0 spiro atoms. The highest BCUT2D eigenvalue weighted by molar-refractivity contribution is 9.10. The Labute approximate surface area is 116 Å². The zero-order valence-corrected chi connectivity index (χ0v) is 11.2. The van der Waals surface area contributed by atoms with Gasteiger partial charge in [-0.05, 0) is 28.1 Å². The van der Waals surface area contributed by atoms with Crippen LogP contribution in [0, 0.1) is 0 Å². The summed E-state index contributed by atoms with van der Waals surface area (Å²) < 4.78 is 1.80. The summed E-state index contributed by atoms with van der Waals surface area (Å²) in [5.74, 6) is -0.0538. The van der Waals surface area contributed by atoms with Gasteiger partial charge in [-0.25, -0.2) is 9.97 Å². The monoisotopic (exact) mass is 317 g/mol. The lowest BCUT2D eigenvalue weighted by atomic mass is 10.2. The standard InChI is InChI=1S/C12H8BrN5O/c13-10-6-15-8(5-16-10)12(19)18-9-4-2-1-3-7(9)11(14)17-18/h1-6H,(H2,14,17). The molecule has 0 amide bonds. The molecule has 7 heteroatoms. The smallest absolute Gasteiger partial charge is 0.298 e. The SMILES string of the molecule is Nc1nn(C(=O)c2cnc(Br)cn2)c2ccccc12. The number of aromatic nitrogens is 4. The van der Waals surface area contributed by atoms with Crippen molar-refractivity contribution in [1.82, 2.24) is 19.7 Å². The molecule has 1 aromatic carbocycles. The molecule has 0 aliphatic heterocycles. The second-order valence-corrected chi connectivity index (χ2v) is 4.66. The highest BCUT2D eigenvalue weighted by Crippen LogP contribution is 2.20. The van der Waals surface area contributed by atoms with Crippen molar-refractivity contribution in [1.29, 1.82) is 0 Å². The molecule has 0 radical (unpaired) electrons. The molecule has 6 nitrogen and oxygen atoms in total. The summed E-state index contributed by atoms with van der Waals surface area (Å²) >= 11 is 3.17. The van der Waals surface area contributed by atoms with Gasteiger partial charge in [-0.2, -0.15) is 4.68 Å². The predicted octanol–water partition coefficient (Wildman–Crippen LogP) is 1.86. The van der Waals surface area contributed by atoms with E-state index in [1.54, 1.807) is 6.07 Å². The Balaban J connectivity index is 2.14. The van der Waals surface area contributed by atoms with Crippen LogP contribution in [0.25, 0.3) is 10.9 Å². The Morgan fingerprint density at radius 2 is 2.00 bits per heavy atom. The summed E-state index contributed by atoms with van der Waals surface area (Å²) in [5.41, 5.74) is 6.64. The number of carbonyl (C=O) groups is 1. The van der Waals surface area contributed by atoms with Gasteiger partial charge in [-0.3, -0.25) is 4.79 Å². The van der Waals surface area contributed by atoms with Gasteiger partial charge >= 0.3 is 0 Å². The van der Waals surface area contributed by atoms with E-state index in [1.807, 2.05) is 18.2 Å². The number of hydrogen-bond donors (Lipinski definition) is 1. The van der Waals surface area contributed by atoms with E-state index >= 15 is 0 Å². The first-order valence-electron chi connectivity index (χ1n) is 5.42. The summed E-state index contributed by atoms with van der Waals surface area (Å²) in [6.07, 6.45) is 2.85. The summed E-state index contributed by atoms with van der Waals surface area (Å²) in [5, 5.41) is 4.79. The summed E-state index contributed by atoms with van der Waals surface area (Å²) in [4.78, 5) is 20.3. The quantitative estimate of drug-likeness (QED) is 0.740. The van der Waals surface area contributed by atoms with Gasteiger partial charge in [0.25, 0.3) is 5.91 Å². The van der Waals surface area contributed by atoms with E-state index in [1.165, 1.54) is 17.1 Å². The first-order chi connectivity index (χ1) is 9.16. The molecule has 3 aromatic rings. The van der Waals surface area contributed by atoms with Crippen LogP contribution in [0.1, 0.15) is 10.5 Å². The molecule has 0 bridgehead atoms. The van der Waals surface area contributed by atoms with Crippen molar-refractivity contribution in [3.63, 3.8) is 0 Å². The van der Waals surface area contributed by atoms with Gasteiger partial charge in [-0.15, -0.1) is 5.10 Å². The van der Waals surface area contributed by atoms with E-state index in [4.69, 9.17) is 5.73 Å². The fourth-order valence-electron chi connectivity index (χ4n) is 1.78. The first kappa shape index (κ1) is 11.8. The van der Waals surface area contributed by atoms with Crippen molar-refractivity contribution in [2.24, 2.45) is 0 Å². The molecule has 2 aromatic heterocycles. The van der Waals surface area contributed by atoms with Crippen LogP contribution < -0.4 is 5.73 Å². The maximum absolute atomic E-state index is 12.3. The molecule has 0 atom stereocenters. The lowest BCUT2D eigenvalue weighted by molar-refractivity contribution is 0.0945. The van der Waals surface area contributed by atoms with Crippen LogP contribution in [-0.2, 0) is 0 Å². The Morgan fingerprint density at radius 1 is 1.21 bits per heavy atom. The number of anilines is 1. The third kappa shape index (κ3) is 1.97. The maximum Gasteiger partial charge on any atom is 0.298 e. The molecule has 2 heterocycles. The van der Waals surface area contributed by atoms with Crippen LogP contribution in [-0.4, -0.2) is 25.7 Å². The molecule has 0 fully saturated rings. The third-order valence-corrected chi connectivity index (χ3v) is 3.06. The molecule has 3 rings (SSSR count). The Morgan fingerprint density at radius 3 is 2.74 bits per heavy atom. The summed E-state index contributed by atoms with van der Waals surface area (Å²) in [6.45, 7) is 0. The van der Waals surface area contributed by atoms with Crippen LogP contribution in [0.4, 0.5) is 5.82 Å². The minimum Gasteiger partial charge on any atom is -0.382 e.